The molecule has 9 heteroatoms. The number of benzene rings is 1. The van der Waals surface area contributed by atoms with E-state index in [9.17, 15) is 22.8 Å². The maximum Gasteiger partial charge on any atom is 0.274 e. The van der Waals surface area contributed by atoms with Gasteiger partial charge in [-0.2, -0.15) is 0 Å². The zero-order chi connectivity index (χ0) is 18.7. The van der Waals surface area contributed by atoms with E-state index in [2.05, 4.69) is 15.3 Å². The molecular weight excluding hydrogens is 349 g/mol. The fraction of sp³-hybridized carbons (Fsp3) is 0.294. The van der Waals surface area contributed by atoms with Crippen LogP contribution in [0.15, 0.2) is 30.7 Å². The minimum Gasteiger partial charge on any atom is -0.349 e. The lowest BCUT2D eigenvalue weighted by molar-refractivity contribution is 0.0691. The molecule has 0 aliphatic carbocycles. The van der Waals surface area contributed by atoms with E-state index in [-0.39, 0.29) is 17.6 Å². The number of likely N-dealkylation sites (tertiary alicyclic amines) is 1. The fourth-order valence-electron chi connectivity index (χ4n) is 2.76. The number of nitrogens with zero attached hydrogens (tertiary/aromatic N) is 3. The molecule has 0 atom stereocenters. The summed E-state index contributed by atoms with van der Waals surface area (Å²) < 4.78 is 39.9. The number of aromatic nitrogens is 2. The fourth-order valence-corrected chi connectivity index (χ4v) is 2.76. The first-order valence-corrected chi connectivity index (χ1v) is 7.97. The molecule has 1 fully saturated rings. The van der Waals surface area contributed by atoms with E-state index in [0.717, 1.165) is 6.07 Å². The van der Waals surface area contributed by atoms with Gasteiger partial charge in [0.2, 0.25) is 0 Å². The maximum absolute atomic E-state index is 13.7. The van der Waals surface area contributed by atoms with Crippen LogP contribution in [0.25, 0.3) is 0 Å². The van der Waals surface area contributed by atoms with Crippen LogP contribution in [0.5, 0.6) is 0 Å². The highest BCUT2D eigenvalue weighted by Gasteiger charge is 2.27. The minimum absolute atomic E-state index is 0.235. The monoisotopic (exact) mass is 364 g/mol. The molecule has 0 spiro atoms. The Kier molecular flexibility index (Phi) is 5.15. The zero-order valence-electron chi connectivity index (χ0n) is 13.6. The van der Waals surface area contributed by atoms with Crippen LogP contribution in [0, 0.1) is 17.5 Å². The molecule has 2 amide bonds. The van der Waals surface area contributed by atoms with Gasteiger partial charge in [-0.05, 0) is 25.0 Å². The van der Waals surface area contributed by atoms with Crippen LogP contribution in [0.4, 0.5) is 13.2 Å². The number of carbonyl (C=O) groups excluding carboxylic acids is 2. The van der Waals surface area contributed by atoms with Crippen LogP contribution in [-0.2, 0) is 0 Å². The van der Waals surface area contributed by atoms with Gasteiger partial charge in [-0.15, -0.1) is 0 Å². The van der Waals surface area contributed by atoms with Crippen molar-refractivity contribution in [3.63, 3.8) is 0 Å². The third-order valence-electron chi connectivity index (χ3n) is 4.18. The molecule has 1 aromatic heterocycles. The summed E-state index contributed by atoms with van der Waals surface area (Å²) in [7, 11) is 0. The van der Waals surface area contributed by atoms with E-state index >= 15 is 0 Å². The lowest BCUT2D eigenvalue weighted by atomic mass is 10.0. The van der Waals surface area contributed by atoms with Crippen molar-refractivity contribution in [2.45, 2.75) is 18.9 Å². The Bertz CT molecular complexity index is 824. The van der Waals surface area contributed by atoms with Gasteiger partial charge < -0.3 is 10.2 Å². The molecule has 1 N–H and O–H groups in total. The molecule has 0 bridgehead atoms. The van der Waals surface area contributed by atoms with Gasteiger partial charge in [0.1, 0.15) is 5.69 Å². The Morgan fingerprint density at radius 3 is 2.46 bits per heavy atom. The molecular formula is C17H15F3N4O2. The maximum atomic E-state index is 13.7. The molecule has 1 aliphatic heterocycles. The van der Waals surface area contributed by atoms with Crippen molar-refractivity contribution < 1.29 is 22.8 Å². The van der Waals surface area contributed by atoms with Crippen molar-refractivity contribution in [3.8, 4) is 0 Å². The van der Waals surface area contributed by atoms with E-state index in [1.54, 1.807) is 4.90 Å². The Labute approximate surface area is 147 Å². The van der Waals surface area contributed by atoms with Crippen LogP contribution < -0.4 is 5.32 Å². The van der Waals surface area contributed by atoms with Crippen LogP contribution in [0.2, 0.25) is 0 Å². The van der Waals surface area contributed by atoms with Crippen LogP contribution in [-0.4, -0.2) is 45.8 Å². The average molecular weight is 364 g/mol. The molecule has 0 radical (unpaired) electrons. The number of amides is 2. The Morgan fingerprint density at radius 2 is 1.81 bits per heavy atom. The summed E-state index contributed by atoms with van der Waals surface area (Å²) in [4.78, 5) is 33.8. The Balaban J connectivity index is 1.58. The first-order valence-electron chi connectivity index (χ1n) is 7.97. The van der Waals surface area contributed by atoms with E-state index in [0.29, 0.717) is 32.0 Å². The summed E-state index contributed by atoms with van der Waals surface area (Å²) in [5, 5.41) is 2.59. The number of hydrogen-bond acceptors (Lipinski definition) is 4. The SMILES string of the molecule is O=C(NC1CCN(C(=O)c2cnccn2)CC1)c1ccc(F)c(F)c1F. The number of nitrogens with one attached hydrogen (secondary N) is 1. The van der Waals surface area contributed by atoms with Gasteiger partial charge in [-0.25, -0.2) is 18.2 Å². The molecule has 1 aromatic carbocycles. The molecule has 1 aliphatic rings. The van der Waals surface area contributed by atoms with Crippen LogP contribution in [0.3, 0.4) is 0 Å². The summed E-state index contributed by atoms with van der Waals surface area (Å²) in [5.74, 6) is -5.62. The van der Waals surface area contributed by atoms with E-state index in [1.165, 1.54) is 18.6 Å². The lowest BCUT2D eigenvalue weighted by Gasteiger charge is -2.32. The number of hydrogen-bond donors (Lipinski definition) is 1. The van der Waals surface area contributed by atoms with E-state index < -0.39 is 28.9 Å². The molecule has 6 nitrogen and oxygen atoms in total. The highest BCUT2D eigenvalue weighted by atomic mass is 19.2. The van der Waals surface area contributed by atoms with Crippen LogP contribution in [0.1, 0.15) is 33.7 Å². The third kappa shape index (κ3) is 3.66. The number of rotatable bonds is 3. The Morgan fingerprint density at radius 1 is 1.08 bits per heavy atom. The van der Waals surface area contributed by atoms with Gasteiger partial charge in [0.05, 0.1) is 11.8 Å². The lowest BCUT2D eigenvalue weighted by Crippen LogP contribution is -2.46. The second kappa shape index (κ2) is 7.51. The third-order valence-corrected chi connectivity index (χ3v) is 4.18. The van der Waals surface area contributed by atoms with Crippen molar-refractivity contribution in [1.29, 1.82) is 0 Å². The van der Waals surface area contributed by atoms with Crippen molar-refractivity contribution >= 4 is 11.8 Å². The first kappa shape index (κ1) is 17.8. The number of piperidine rings is 1. The Hall–Kier alpha value is -2.97. The molecule has 0 unspecified atom stereocenters. The summed E-state index contributed by atoms with van der Waals surface area (Å²) in [5.41, 5.74) is -0.319. The molecule has 136 valence electrons. The highest BCUT2D eigenvalue weighted by Crippen LogP contribution is 2.17. The van der Waals surface area contributed by atoms with Gasteiger partial charge in [0.15, 0.2) is 17.5 Å². The largest absolute Gasteiger partial charge is 0.349 e. The van der Waals surface area contributed by atoms with Gasteiger partial charge >= 0.3 is 0 Å². The van der Waals surface area contributed by atoms with Gasteiger partial charge in [0.25, 0.3) is 11.8 Å². The van der Waals surface area contributed by atoms with Crippen molar-refractivity contribution in [3.05, 3.63) is 59.4 Å². The molecule has 0 saturated carbocycles. The summed E-state index contributed by atoms with van der Waals surface area (Å²) in [6.45, 7) is 0.751. The topological polar surface area (TPSA) is 75.2 Å². The number of halogens is 3. The molecule has 1 saturated heterocycles. The first-order chi connectivity index (χ1) is 12.5. The standard InChI is InChI=1S/C17H15F3N4O2/c18-12-2-1-11(14(19)15(12)20)16(25)23-10-3-7-24(8-4-10)17(26)13-9-21-5-6-22-13/h1-2,5-6,9-10H,3-4,7-8H2,(H,23,25). The van der Waals surface area contributed by atoms with Crippen LogP contribution >= 0.6 is 0 Å². The van der Waals surface area contributed by atoms with Crippen molar-refractivity contribution in [1.82, 2.24) is 20.2 Å². The molecule has 3 rings (SSSR count). The van der Waals surface area contributed by atoms with Crippen molar-refractivity contribution in [2.24, 2.45) is 0 Å². The quantitative estimate of drug-likeness (QED) is 0.845. The summed E-state index contributed by atoms with van der Waals surface area (Å²) in [6.07, 6.45) is 5.17. The summed E-state index contributed by atoms with van der Waals surface area (Å²) in [6, 6.07) is 1.30. The van der Waals surface area contributed by atoms with Gasteiger partial charge in [-0.1, -0.05) is 0 Å². The summed E-state index contributed by atoms with van der Waals surface area (Å²) >= 11 is 0. The average Bonchev–Trinajstić information content (AvgIpc) is 2.67. The highest BCUT2D eigenvalue weighted by molar-refractivity contribution is 5.95. The van der Waals surface area contributed by atoms with E-state index in [4.69, 9.17) is 0 Å². The van der Waals surface area contributed by atoms with Gasteiger partial charge in [-0.3, -0.25) is 14.6 Å². The second-order valence-corrected chi connectivity index (χ2v) is 5.85. The molecule has 2 heterocycles. The minimum atomic E-state index is -1.68. The number of carbonyl (C=O) groups is 2. The zero-order valence-corrected chi connectivity index (χ0v) is 13.6. The predicted molar refractivity (Wildman–Crippen MR) is 84.7 cm³/mol. The van der Waals surface area contributed by atoms with Gasteiger partial charge in [0, 0.05) is 31.5 Å². The normalized spacial score (nSPS) is 15.0. The molecule has 2 aromatic rings. The van der Waals surface area contributed by atoms with E-state index in [1.807, 2.05) is 0 Å². The van der Waals surface area contributed by atoms with Crippen molar-refractivity contribution in [2.75, 3.05) is 13.1 Å². The smallest absolute Gasteiger partial charge is 0.274 e. The second-order valence-electron chi connectivity index (χ2n) is 5.85. The predicted octanol–water partition coefficient (Wildman–Crippen LogP) is 1.93. The molecule has 26 heavy (non-hydrogen) atoms.